The van der Waals surface area contributed by atoms with Crippen molar-refractivity contribution in [2.75, 3.05) is 0 Å². The number of benzene rings is 5. The minimum absolute atomic E-state index is 0.0664. The average Bonchev–Trinajstić information content (AvgIpc) is 3.47. The number of fused-ring (bicyclic) bond motifs is 7. The lowest BCUT2D eigenvalue weighted by Crippen LogP contribution is -2.39. The molecule has 0 saturated carbocycles. The zero-order chi connectivity index (χ0) is 31.2. The van der Waals surface area contributed by atoms with Gasteiger partial charge in [0.2, 0.25) is 0 Å². The lowest BCUT2D eigenvalue weighted by atomic mass is 9.81. The summed E-state index contributed by atoms with van der Waals surface area (Å²) >= 11 is 0. The number of aliphatic imine (C=N–C) groups is 1. The highest BCUT2D eigenvalue weighted by molar-refractivity contribution is 6.10. The van der Waals surface area contributed by atoms with E-state index >= 15 is 0 Å². The van der Waals surface area contributed by atoms with Gasteiger partial charge in [-0.25, -0.2) is 0 Å². The lowest BCUT2D eigenvalue weighted by Gasteiger charge is -2.42. The summed E-state index contributed by atoms with van der Waals surface area (Å²) in [5.41, 5.74) is 17.0. The van der Waals surface area contributed by atoms with Crippen LogP contribution in [0.2, 0.25) is 0 Å². The van der Waals surface area contributed by atoms with Crippen molar-refractivity contribution in [2.45, 2.75) is 63.7 Å². The van der Waals surface area contributed by atoms with Crippen molar-refractivity contribution in [3.8, 4) is 22.3 Å². The van der Waals surface area contributed by atoms with Crippen LogP contribution < -0.4 is 5.32 Å². The molecular weight excluding hydrogens is 558 g/mol. The van der Waals surface area contributed by atoms with Gasteiger partial charge in [0.15, 0.2) is 0 Å². The summed E-state index contributed by atoms with van der Waals surface area (Å²) in [5.74, 6) is 0.825. The third kappa shape index (κ3) is 4.04. The zero-order valence-corrected chi connectivity index (χ0v) is 26.9. The van der Waals surface area contributed by atoms with Crippen molar-refractivity contribution in [3.63, 3.8) is 0 Å². The maximum Gasteiger partial charge on any atom is 0.0378 e. The molecule has 1 aliphatic heterocycles. The number of hydrogen-bond acceptors (Lipinski definition) is 2. The highest BCUT2D eigenvalue weighted by atomic mass is 15.3. The molecule has 9 rings (SSSR count). The molecule has 1 heterocycles. The Morgan fingerprint density at radius 2 is 1.24 bits per heavy atom. The lowest BCUT2D eigenvalue weighted by molar-refractivity contribution is 0.502. The molecule has 0 spiro atoms. The molecule has 1 N–H and O–H groups in total. The predicted molar refractivity (Wildman–Crippen MR) is 190 cm³/mol. The van der Waals surface area contributed by atoms with Gasteiger partial charge in [-0.15, -0.1) is 0 Å². The largest absolute Gasteiger partial charge is 0.445 e. The molecule has 0 aromatic heterocycles. The summed E-state index contributed by atoms with van der Waals surface area (Å²) in [6.45, 7) is 9.36. The molecule has 226 valence electrons. The Morgan fingerprint density at radius 3 is 1.98 bits per heavy atom. The Labute approximate surface area is 272 Å². The van der Waals surface area contributed by atoms with Gasteiger partial charge in [0.25, 0.3) is 0 Å². The number of rotatable bonds is 3. The van der Waals surface area contributed by atoms with Crippen molar-refractivity contribution in [1.29, 1.82) is 0 Å². The molecule has 3 heteroatoms. The maximum absolute atomic E-state index is 5.37. The van der Waals surface area contributed by atoms with Gasteiger partial charge in [-0.1, -0.05) is 154 Å². The molecule has 2 atom stereocenters. The summed E-state index contributed by atoms with van der Waals surface area (Å²) in [6.07, 6.45) is 4.01. The first-order valence-electron chi connectivity index (χ1n) is 16.6. The van der Waals surface area contributed by atoms with Crippen LogP contribution in [0.4, 0.5) is 0 Å². The second-order valence-electron chi connectivity index (χ2n) is 14.4. The van der Waals surface area contributed by atoms with Crippen LogP contribution in [-0.4, -0.2) is 12.0 Å². The molecule has 0 amide bonds. The highest BCUT2D eigenvalue weighted by Crippen LogP contribution is 2.50. The van der Waals surface area contributed by atoms with E-state index in [-0.39, 0.29) is 23.2 Å². The van der Waals surface area contributed by atoms with Gasteiger partial charge in [-0.2, -0.15) is 0 Å². The van der Waals surface area contributed by atoms with E-state index in [9.17, 15) is 0 Å². The molecule has 3 aliphatic carbocycles. The van der Waals surface area contributed by atoms with E-state index in [0.29, 0.717) is 0 Å². The monoisotopic (exact) mass is 596 g/mol. The minimum atomic E-state index is -0.209. The van der Waals surface area contributed by atoms with Gasteiger partial charge in [-0.3, -0.25) is 0 Å². The first kappa shape index (κ1) is 27.6. The molecule has 46 heavy (non-hydrogen) atoms. The quantitative estimate of drug-likeness (QED) is 0.221. The van der Waals surface area contributed by atoms with Crippen LogP contribution in [0.3, 0.4) is 0 Å². The van der Waals surface area contributed by atoms with Gasteiger partial charge in [0.1, 0.15) is 0 Å². The van der Waals surface area contributed by atoms with Crippen molar-refractivity contribution in [3.05, 3.63) is 165 Å². The minimum Gasteiger partial charge on any atom is -0.445 e. The number of amidine groups is 1. The van der Waals surface area contributed by atoms with E-state index in [1.54, 1.807) is 0 Å². The van der Waals surface area contributed by atoms with Crippen LogP contribution in [-0.2, 0) is 17.3 Å². The smallest absolute Gasteiger partial charge is 0.0378 e. The Morgan fingerprint density at radius 1 is 0.630 bits per heavy atom. The van der Waals surface area contributed by atoms with Gasteiger partial charge >= 0.3 is 0 Å². The summed E-state index contributed by atoms with van der Waals surface area (Å²) < 4.78 is 0. The molecule has 0 saturated heterocycles. The Bertz CT molecular complexity index is 2130. The van der Waals surface area contributed by atoms with Crippen LogP contribution in [0.15, 0.2) is 120 Å². The average molecular weight is 597 g/mol. The molecule has 4 aliphatic rings. The maximum atomic E-state index is 5.37. The van der Waals surface area contributed by atoms with Crippen LogP contribution >= 0.6 is 0 Å². The first-order valence-corrected chi connectivity index (χ1v) is 16.6. The van der Waals surface area contributed by atoms with Crippen molar-refractivity contribution >= 4 is 11.9 Å². The van der Waals surface area contributed by atoms with E-state index in [1.807, 2.05) is 0 Å². The summed E-state index contributed by atoms with van der Waals surface area (Å²) in [7, 11) is 0. The summed E-state index contributed by atoms with van der Waals surface area (Å²) in [6, 6.07) is 40.2. The number of nitrogens with one attached hydrogen (secondary N) is 1. The number of hydrogen-bond donors (Lipinski definition) is 1. The van der Waals surface area contributed by atoms with Crippen LogP contribution in [0.25, 0.3) is 33.6 Å². The molecule has 3 nitrogen and oxygen atoms in total. The Balaban J connectivity index is 1.15. The standard InChI is InChI=1S/C43H38N3/c1-42(2)35-15-9-7-13-31(35)33-21-19-29(24-37(33)42)40-44-39(28-18-17-26-11-5-6-12-27(26)23-28)45-41(46-40)30-20-22-34-32-14-8-10-16-36(32)43(3,4)38(34)25-30/h5-16,19-25,39-40,44H,17-18H2,1-4H3/q-1. The molecule has 5 aromatic carbocycles. The van der Waals surface area contributed by atoms with E-state index in [4.69, 9.17) is 10.3 Å². The van der Waals surface area contributed by atoms with Crippen LogP contribution in [0.1, 0.15) is 84.8 Å². The van der Waals surface area contributed by atoms with Crippen molar-refractivity contribution in [2.24, 2.45) is 4.99 Å². The third-order valence-corrected chi connectivity index (χ3v) is 11.0. The van der Waals surface area contributed by atoms with Gasteiger partial charge < -0.3 is 15.6 Å². The molecule has 0 bridgehead atoms. The summed E-state index contributed by atoms with van der Waals surface area (Å²) in [4.78, 5) is 5.37. The fourth-order valence-electron chi connectivity index (χ4n) is 8.42. The Hall–Kier alpha value is -4.73. The molecule has 0 radical (unpaired) electrons. The fraction of sp³-hybridized carbons (Fsp3) is 0.233. The number of aryl methyl sites for hydroxylation is 1. The zero-order valence-electron chi connectivity index (χ0n) is 26.9. The van der Waals surface area contributed by atoms with Crippen LogP contribution in [0, 0.1) is 0 Å². The fourth-order valence-corrected chi connectivity index (χ4v) is 8.42. The molecule has 5 aromatic rings. The van der Waals surface area contributed by atoms with E-state index in [1.165, 1.54) is 66.8 Å². The topological polar surface area (TPSA) is 38.5 Å². The second-order valence-corrected chi connectivity index (χ2v) is 14.4. The SMILES string of the molecule is CC1(C)c2ccccc2-c2ccc(C3=NC(c4ccc5c(c4)C(C)(C)c4ccccc4-5)NC(C4=Cc5ccccc5CC4)[N-]3)cc21. The second kappa shape index (κ2) is 9.88. The first-order chi connectivity index (χ1) is 22.3. The highest BCUT2D eigenvalue weighted by Gasteiger charge is 2.37. The predicted octanol–water partition coefficient (Wildman–Crippen LogP) is 10.1. The molecule has 2 unspecified atom stereocenters. The number of nitrogens with zero attached hydrogens (tertiary/aromatic N) is 2. The third-order valence-electron chi connectivity index (χ3n) is 11.0. The van der Waals surface area contributed by atoms with E-state index in [2.05, 4.69) is 148 Å². The van der Waals surface area contributed by atoms with Crippen molar-refractivity contribution < 1.29 is 0 Å². The molecule has 0 fully saturated rings. The normalized spacial score (nSPS) is 21.1. The van der Waals surface area contributed by atoms with Gasteiger partial charge in [0.05, 0.1) is 0 Å². The molecular formula is C43H38N3-. The van der Waals surface area contributed by atoms with Gasteiger partial charge in [-0.05, 0) is 79.6 Å². The van der Waals surface area contributed by atoms with E-state index in [0.717, 1.165) is 24.2 Å². The van der Waals surface area contributed by atoms with Crippen molar-refractivity contribution in [1.82, 2.24) is 5.32 Å². The van der Waals surface area contributed by atoms with Crippen LogP contribution in [0.5, 0.6) is 0 Å². The Kier molecular flexibility index (Phi) is 5.92. The van der Waals surface area contributed by atoms with Gasteiger partial charge in [0, 0.05) is 23.2 Å². The summed E-state index contributed by atoms with van der Waals surface area (Å²) in [5, 5.41) is 9.22. The van der Waals surface area contributed by atoms with E-state index < -0.39 is 0 Å².